The van der Waals surface area contributed by atoms with Crippen LogP contribution in [0.3, 0.4) is 0 Å². The van der Waals surface area contributed by atoms with E-state index in [9.17, 15) is 0 Å². The van der Waals surface area contributed by atoms with Gasteiger partial charge in [-0.05, 0) is 15.9 Å². The minimum atomic E-state index is 0.128. The summed E-state index contributed by atoms with van der Waals surface area (Å²) in [5, 5.41) is 0.889. The van der Waals surface area contributed by atoms with Crippen LogP contribution in [0.4, 0.5) is 5.82 Å². The summed E-state index contributed by atoms with van der Waals surface area (Å²) in [6.45, 7) is 6.38. The molecule has 0 aliphatic heterocycles. The van der Waals surface area contributed by atoms with Gasteiger partial charge in [-0.25, -0.2) is 9.97 Å². The average molecular weight is 262 g/mol. The van der Waals surface area contributed by atoms with Gasteiger partial charge < -0.3 is 5.73 Å². The van der Waals surface area contributed by atoms with Gasteiger partial charge in [-0.3, -0.25) is 0 Å². The van der Waals surface area contributed by atoms with Crippen LogP contribution in [0.1, 0.15) is 20.8 Å². The normalized spacial score (nSPS) is 11.7. The molecule has 1 aromatic rings. The molecule has 13 heavy (non-hydrogen) atoms. The lowest BCUT2D eigenvalue weighted by Crippen LogP contribution is -2.08. The number of nitrogen functional groups attached to an aromatic ring is 1. The van der Waals surface area contributed by atoms with E-state index in [1.807, 2.05) is 0 Å². The second-order valence-electron chi connectivity index (χ2n) is 3.59. The molecule has 0 aromatic carbocycles. The largest absolute Gasteiger partial charge is 0.383 e. The van der Waals surface area contributed by atoms with Crippen molar-refractivity contribution in [2.45, 2.75) is 30.5 Å². The maximum atomic E-state index is 5.63. The number of nitrogens with zero attached hydrogens (tertiary/aromatic N) is 2. The van der Waals surface area contributed by atoms with E-state index in [0.717, 1.165) is 9.50 Å². The highest BCUT2D eigenvalue weighted by atomic mass is 79.9. The number of anilines is 1. The number of halogens is 1. The van der Waals surface area contributed by atoms with Crippen LogP contribution in [0.2, 0.25) is 0 Å². The molecule has 0 amide bonds. The zero-order chi connectivity index (χ0) is 10.1. The van der Waals surface area contributed by atoms with E-state index < -0.39 is 0 Å². The molecular weight excluding hydrogens is 250 g/mol. The van der Waals surface area contributed by atoms with E-state index in [1.54, 1.807) is 11.8 Å². The Hall–Kier alpha value is -0.290. The first-order valence-electron chi connectivity index (χ1n) is 3.85. The summed E-state index contributed by atoms with van der Waals surface area (Å²) < 4.78 is 0.915. The summed E-state index contributed by atoms with van der Waals surface area (Å²) in [5.41, 5.74) is 5.63. The Morgan fingerprint density at radius 2 is 2.00 bits per heavy atom. The molecule has 72 valence electrons. The topological polar surface area (TPSA) is 51.8 Å². The summed E-state index contributed by atoms with van der Waals surface area (Å²) in [6.07, 6.45) is 1.48. The average Bonchev–Trinajstić information content (AvgIpc) is 1.96. The van der Waals surface area contributed by atoms with Gasteiger partial charge in [0.15, 0.2) is 0 Å². The highest BCUT2D eigenvalue weighted by molar-refractivity contribution is 9.10. The molecule has 0 aliphatic rings. The molecule has 0 atom stereocenters. The lowest BCUT2D eigenvalue weighted by molar-refractivity contribution is 0.797. The van der Waals surface area contributed by atoms with Crippen molar-refractivity contribution in [2.75, 3.05) is 5.73 Å². The Bertz CT molecular complexity index is 309. The van der Waals surface area contributed by atoms with Crippen LogP contribution >= 0.6 is 27.7 Å². The Kier molecular flexibility index (Phi) is 3.18. The van der Waals surface area contributed by atoms with E-state index >= 15 is 0 Å². The minimum absolute atomic E-state index is 0.128. The van der Waals surface area contributed by atoms with Gasteiger partial charge in [0.25, 0.3) is 0 Å². The fraction of sp³-hybridized carbons (Fsp3) is 0.500. The van der Waals surface area contributed by atoms with E-state index in [1.165, 1.54) is 6.33 Å². The zero-order valence-corrected chi connectivity index (χ0v) is 10.2. The smallest absolute Gasteiger partial charge is 0.142 e. The predicted molar refractivity (Wildman–Crippen MR) is 59.8 cm³/mol. The van der Waals surface area contributed by atoms with Crippen molar-refractivity contribution in [3.05, 3.63) is 10.8 Å². The van der Waals surface area contributed by atoms with Crippen LogP contribution in [-0.4, -0.2) is 14.7 Å². The van der Waals surface area contributed by atoms with Crippen LogP contribution in [0.5, 0.6) is 0 Å². The number of rotatable bonds is 1. The number of thioether (sulfide) groups is 1. The summed E-state index contributed by atoms with van der Waals surface area (Å²) in [6, 6.07) is 0. The quantitative estimate of drug-likeness (QED) is 0.624. The lowest BCUT2D eigenvalue weighted by atomic mass is 10.3. The molecule has 3 nitrogen and oxygen atoms in total. The predicted octanol–water partition coefficient (Wildman–Crippen LogP) is 2.71. The molecule has 0 aliphatic carbocycles. The fourth-order valence-corrected chi connectivity index (χ4v) is 2.05. The Balaban J connectivity index is 2.96. The van der Waals surface area contributed by atoms with Crippen molar-refractivity contribution in [3.8, 4) is 0 Å². The molecule has 1 heterocycles. The third-order valence-corrected chi connectivity index (χ3v) is 3.35. The highest BCUT2D eigenvalue weighted by Gasteiger charge is 2.16. The maximum Gasteiger partial charge on any atom is 0.142 e. The fourth-order valence-electron chi connectivity index (χ4n) is 0.728. The molecule has 2 N–H and O–H groups in total. The number of hydrogen-bond acceptors (Lipinski definition) is 4. The minimum Gasteiger partial charge on any atom is -0.383 e. The van der Waals surface area contributed by atoms with E-state index in [0.29, 0.717) is 5.82 Å². The van der Waals surface area contributed by atoms with Crippen molar-refractivity contribution in [3.63, 3.8) is 0 Å². The maximum absolute atomic E-state index is 5.63. The van der Waals surface area contributed by atoms with Crippen LogP contribution in [0.25, 0.3) is 0 Å². The zero-order valence-electron chi connectivity index (χ0n) is 7.84. The van der Waals surface area contributed by atoms with Crippen molar-refractivity contribution in [1.82, 2.24) is 9.97 Å². The van der Waals surface area contributed by atoms with Gasteiger partial charge in [-0.15, -0.1) is 0 Å². The Morgan fingerprint density at radius 1 is 1.38 bits per heavy atom. The first kappa shape index (κ1) is 10.8. The summed E-state index contributed by atoms with van der Waals surface area (Å²) >= 11 is 5.03. The van der Waals surface area contributed by atoms with Crippen LogP contribution in [-0.2, 0) is 0 Å². The van der Waals surface area contributed by atoms with Gasteiger partial charge in [-0.1, -0.05) is 32.5 Å². The van der Waals surface area contributed by atoms with Gasteiger partial charge in [0, 0.05) is 4.75 Å². The van der Waals surface area contributed by atoms with Gasteiger partial charge in [0.05, 0.1) is 4.47 Å². The molecule has 1 aromatic heterocycles. The lowest BCUT2D eigenvalue weighted by Gasteiger charge is -2.17. The van der Waals surface area contributed by atoms with Crippen LogP contribution in [0.15, 0.2) is 15.8 Å². The molecule has 0 radical (unpaired) electrons. The highest BCUT2D eigenvalue weighted by Crippen LogP contribution is 2.36. The Morgan fingerprint density at radius 3 is 2.54 bits per heavy atom. The monoisotopic (exact) mass is 261 g/mol. The summed E-state index contributed by atoms with van der Waals surface area (Å²) in [4.78, 5) is 8.03. The van der Waals surface area contributed by atoms with E-state index in [4.69, 9.17) is 5.73 Å². The first-order chi connectivity index (χ1) is 5.90. The summed E-state index contributed by atoms with van der Waals surface area (Å²) in [5.74, 6) is 0.488. The Labute approximate surface area is 90.7 Å². The molecule has 1 rings (SSSR count). The molecular formula is C8H12BrN3S. The van der Waals surface area contributed by atoms with Crippen molar-refractivity contribution >= 4 is 33.5 Å². The number of hydrogen-bond donors (Lipinski definition) is 1. The van der Waals surface area contributed by atoms with Crippen molar-refractivity contribution in [1.29, 1.82) is 0 Å². The third-order valence-electron chi connectivity index (χ3n) is 1.19. The summed E-state index contributed by atoms with van der Waals surface area (Å²) in [7, 11) is 0. The van der Waals surface area contributed by atoms with Crippen LogP contribution < -0.4 is 5.73 Å². The molecule has 0 saturated heterocycles. The second kappa shape index (κ2) is 3.84. The molecule has 0 spiro atoms. The first-order valence-corrected chi connectivity index (χ1v) is 5.46. The molecule has 0 fully saturated rings. The standard InChI is InChI=1S/C8H12BrN3S/c1-8(2,3)13-7-5(9)6(10)11-4-12-7/h4H,1-3H3,(H2,10,11,12). The van der Waals surface area contributed by atoms with E-state index in [-0.39, 0.29) is 4.75 Å². The van der Waals surface area contributed by atoms with Crippen molar-refractivity contribution < 1.29 is 0 Å². The second-order valence-corrected chi connectivity index (χ2v) is 6.20. The SMILES string of the molecule is CC(C)(C)Sc1ncnc(N)c1Br. The number of aromatic nitrogens is 2. The molecule has 5 heteroatoms. The van der Waals surface area contributed by atoms with Gasteiger partial charge in [0.1, 0.15) is 17.2 Å². The molecule has 0 bridgehead atoms. The van der Waals surface area contributed by atoms with Crippen molar-refractivity contribution in [2.24, 2.45) is 0 Å². The molecule has 0 unspecified atom stereocenters. The molecule has 0 saturated carbocycles. The van der Waals surface area contributed by atoms with Gasteiger partial charge >= 0.3 is 0 Å². The van der Waals surface area contributed by atoms with E-state index in [2.05, 4.69) is 46.7 Å². The number of nitrogens with two attached hydrogens (primary N) is 1. The van der Waals surface area contributed by atoms with Crippen LogP contribution in [0, 0.1) is 0 Å². The van der Waals surface area contributed by atoms with Gasteiger partial charge in [0.2, 0.25) is 0 Å². The van der Waals surface area contributed by atoms with Gasteiger partial charge in [-0.2, -0.15) is 0 Å². The third kappa shape index (κ3) is 3.15.